The van der Waals surface area contributed by atoms with Crippen molar-refractivity contribution >= 4 is 17.2 Å². The maximum Gasteiger partial charge on any atom is 0.252 e. The molecular formula is C15H25N3OS. The summed E-state index contributed by atoms with van der Waals surface area (Å²) in [6.45, 7) is 10.5. The van der Waals surface area contributed by atoms with E-state index >= 15 is 0 Å². The molecule has 0 bridgehead atoms. The van der Waals surface area contributed by atoms with Crippen LogP contribution in [-0.2, 0) is 0 Å². The number of thiophene rings is 1. The zero-order chi connectivity index (χ0) is 14.5. The second kappa shape index (κ2) is 7.20. The van der Waals surface area contributed by atoms with Gasteiger partial charge in [-0.15, -0.1) is 11.3 Å². The smallest absolute Gasteiger partial charge is 0.252 e. The van der Waals surface area contributed by atoms with Gasteiger partial charge in [-0.05, 0) is 39.9 Å². The van der Waals surface area contributed by atoms with Gasteiger partial charge >= 0.3 is 0 Å². The molecule has 1 aliphatic rings. The Balaban J connectivity index is 1.66. The normalized spacial score (nSPS) is 17.4. The summed E-state index contributed by atoms with van der Waals surface area (Å²) in [5.41, 5.74) is 0.840. The van der Waals surface area contributed by atoms with Crippen molar-refractivity contribution in [1.29, 1.82) is 0 Å². The molecule has 2 rings (SSSR count). The number of nitrogens with one attached hydrogen (secondary N) is 1. The van der Waals surface area contributed by atoms with Crippen molar-refractivity contribution in [3.63, 3.8) is 0 Å². The van der Waals surface area contributed by atoms with E-state index in [1.807, 2.05) is 19.9 Å². The molecule has 0 spiro atoms. The van der Waals surface area contributed by atoms with Crippen LogP contribution in [0, 0.1) is 13.8 Å². The number of carbonyl (C=O) groups excluding carboxylic acids is 1. The molecule has 1 N–H and O–H groups in total. The first-order valence-electron chi connectivity index (χ1n) is 7.32. The van der Waals surface area contributed by atoms with Gasteiger partial charge in [0.05, 0.1) is 5.56 Å². The minimum Gasteiger partial charge on any atom is -0.352 e. The molecule has 1 fully saturated rings. The van der Waals surface area contributed by atoms with E-state index in [-0.39, 0.29) is 5.91 Å². The van der Waals surface area contributed by atoms with Crippen molar-refractivity contribution in [3.05, 3.63) is 21.4 Å². The van der Waals surface area contributed by atoms with E-state index in [4.69, 9.17) is 0 Å². The van der Waals surface area contributed by atoms with Crippen LogP contribution in [0.1, 0.15) is 26.5 Å². The van der Waals surface area contributed by atoms with Crippen molar-refractivity contribution < 1.29 is 4.79 Å². The van der Waals surface area contributed by atoms with Crippen molar-refractivity contribution in [2.24, 2.45) is 0 Å². The first kappa shape index (κ1) is 15.5. The molecule has 1 aliphatic heterocycles. The average molecular weight is 295 g/mol. The fourth-order valence-electron chi connectivity index (χ4n) is 2.53. The highest BCUT2D eigenvalue weighted by Gasteiger charge is 2.14. The summed E-state index contributed by atoms with van der Waals surface area (Å²) < 4.78 is 0. The van der Waals surface area contributed by atoms with Crippen LogP contribution in [0.5, 0.6) is 0 Å². The maximum absolute atomic E-state index is 12.0. The second-order valence-electron chi connectivity index (χ2n) is 5.58. The molecule has 4 nitrogen and oxygen atoms in total. The van der Waals surface area contributed by atoms with Gasteiger partial charge in [0.1, 0.15) is 0 Å². The van der Waals surface area contributed by atoms with Gasteiger partial charge < -0.3 is 15.1 Å². The monoisotopic (exact) mass is 295 g/mol. The Bertz CT molecular complexity index is 450. The quantitative estimate of drug-likeness (QED) is 0.840. The molecule has 0 unspecified atom stereocenters. The number of amides is 1. The molecule has 112 valence electrons. The summed E-state index contributed by atoms with van der Waals surface area (Å²) >= 11 is 1.69. The maximum atomic E-state index is 12.0. The molecule has 1 amide bonds. The van der Waals surface area contributed by atoms with Gasteiger partial charge in [0.2, 0.25) is 0 Å². The standard InChI is InChI=1S/C15H25N3OS/c1-12-11-14(13(2)20-12)15(19)16-5-4-6-18-9-7-17(3)8-10-18/h11H,4-10H2,1-3H3,(H,16,19). The van der Waals surface area contributed by atoms with Gasteiger partial charge in [-0.1, -0.05) is 0 Å². The van der Waals surface area contributed by atoms with E-state index in [1.165, 1.54) is 4.88 Å². The number of aryl methyl sites for hydroxylation is 2. The lowest BCUT2D eigenvalue weighted by Crippen LogP contribution is -2.45. The average Bonchev–Trinajstić information content (AvgIpc) is 2.75. The minimum atomic E-state index is 0.0743. The topological polar surface area (TPSA) is 35.6 Å². The van der Waals surface area contributed by atoms with E-state index in [2.05, 4.69) is 22.2 Å². The summed E-state index contributed by atoms with van der Waals surface area (Å²) in [6.07, 6.45) is 1.03. The zero-order valence-corrected chi connectivity index (χ0v) is 13.6. The number of nitrogens with zero attached hydrogens (tertiary/aromatic N) is 2. The Kier molecular flexibility index (Phi) is 5.57. The van der Waals surface area contributed by atoms with Crippen molar-refractivity contribution in [3.8, 4) is 0 Å². The largest absolute Gasteiger partial charge is 0.352 e. The van der Waals surface area contributed by atoms with Crippen LogP contribution >= 0.6 is 11.3 Å². The fourth-order valence-corrected chi connectivity index (χ4v) is 3.45. The van der Waals surface area contributed by atoms with Gasteiger partial charge in [0.15, 0.2) is 0 Å². The van der Waals surface area contributed by atoms with Crippen molar-refractivity contribution in [2.75, 3.05) is 46.3 Å². The van der Waals surface area contributed by atoms with E-state index in [1.54, 1.807) is 11.3 Å². The molecule has 0 aliphatic carbocycles. The zero-order valence-electron chi connectivity index (χ0n) is 12.7. The summed E-state index contributed by atoms with van der Waals surface area (Å²) in [5, 5.41) is 3.03. The van der Waals surface area contributed by atoms with Crippen molar-refractivity contribution in [2.45, 2.75) is 20.3 Å². The summed E-state index contributed by atoms with van der Waals surface area (Å²) in [4.78, 5) is 19.2. The SMILES string of the molecule is Cc1cc(C(=O)NCCCN2CCN(C)CC2)c(C)s1. The van der Waals surface area contributed by atoms with Crippen molar-refractivity contribution in [1.82, 2.24) is 15.1 Å². The van der Waals surface area contributed by atoms with Gasteiger partial charge in [-0.25, -0.2) is 0 Å². The van der Waals surface area contributed by atoms with Crippen LogP contribution in [0.25, 0.3) is 0 Å². The lowest BCUT2D eigenvalue weighted by Gasteiger charge is -2.32. The second-order valence-corrected chi connectivity index (χ2v) is 7.04. The van der Waals surface area contributed by atoms with Crippen LogP contribution in [0.2, 0.25) is 0 Å². The molecular weight excluding hydrogens is 270 g/mol. The minimum absolute atomic E-state index is 0.0743. The number of rotatable bonds is 5. The van der Waals surface area contributed by atoms with E-state index < -0.39 is 0 Å². The van der Waals surface area contributed by atoms with Crippen LogP contribution in [0.3, 0.4) is 0 Å². The summed E-state index contributed by atoms with van der Waals surface area (Å²) in [5.74, 6) is 0.0743. The predicted octanol–water partition coefficient (Wildman–Crippen LogP) is 1.73. The number of hydrogen-bond donors (Lipinski definition) is 1. The Morgan fingerprint density at radius 1 is 1.30 bits per heavy atom. The Hall–Kier alpha value is -0.910. The first-order valence-corrected chi connectivity index (χ1v) is 8.14. The van der Waals surface area contributed by atoms with Gasteiger partial charge in [-0.3, -0.25) is 4.79 Å². The Morgan fingerprint density at radius 2 is 2.00 bits per heavy atom. The molecule has 0 atom stereocenters. The molecule has 0 aromatic carbocycles. The summed E-state index contributed by atoms with van der Waals surface area (Å²) in [7, 11) is 2.17. The summed E-state index contributed by atoms with van der Waals surface area (Å²) in [6, 6.07) is 1.98. The number of piperazine rings is 1. The lowest BCUT2D eigenvalue weighted by atomic mass is 10.2. The molecule has 1 saturated heterocycles. The van der Waals surface area contributed by atoms with Crippen LogP contribution < -0.4 is 5.32 Å². The molecule has 0 saturated carbocycles. The number of carbonyl (C=O) groups is 1. The highest BCUT2D eigenvalue weighted by Crippen LogP contribution is 2.20. The first-order chi connectivity index (χ1) is 9.56. The van der Waals surface area contributed by atoms with Gasteiger partial charge in [0.25, 0.3) is 5.91 Å². The molecule has 5 heteroatoms. The van der Waals surface area contributed by atoms with Gasteiger partial charge in [-0.2, -0.15) is 0 Å². The Morgan fingerprint density at radius 3 is 2.60 bits per heavy atom. The van der Waals surface area contributed by atoms with E-state index in [9.17, 15) is 4.79 Å². The van der Waals surface area contributed by atoms with Crippen LogP contribution in [0.15, 0.2) is 6.07 Å². The number of hydrogen-bond acceptors (Lipinski definition) is 4. The Labute approximate surface area is 125 Å². The third-order valence-electron chi connectivity index (χ3n) is 3.82. The van der Waals surface area contributed by atoms with Gasteiger partial charge in [0, 0.05) is 42.5 Å². The number of likely N-dealkylation sites (N-methyl/N-ethyl adjacent to an activating group) is 1. The fraction of sp³-hybridized carbons (Fsp3) is 0.667. The van der Waals surface area contributed by atoms with E-state index in [0.29, 0.717) is 0 Å². The molecule has 20 heavy (non-hydrogen) atoms. The molecule has 1 aromatic heterocycles. The lowest BCUT2D eigenvalue weighted by molar-refractivity contribution is 0.0949. The predicted molar refractivity (Wildman–Crippen MR) is 84.7 cm³/mol. The molecule has 1 aromatic rings. The third-order valence-corrected chi connectivity index (χ3v) is 4.78. The molecule has 2 heterocycles. The third kappa shape index (κ3) is 4.30. The van der Waals surface area contributed by atoms with Crippen LogP contribution in [-0.4, -0.2) is 62.0 Å². The van der Waals surface area contributed by atoms with E-state index in [0.717, 1.165) is 56.1 Å². The van der Waals surface area contributed by atoms with Crippen LogP contribution in [0.4, 0.5) is 0 Å². The highest BCUT2D eigenvalue weighted by molar-refractivity contribution is 7.12. The molecule has 0 radical (unpaired) electrons. The highest BCUT2D eigenvalue weighted by atomic mass is 32.1.